The minimum atomic E-state index is -0.271. The van der Waals surface area contributed by atoms with Gasteiger partial charge in [0.1, 0.15) is 5.82 Å². The first-order valence-electron chi connectivity index (χ1n) is 4.72. The Morgan fingerprint density at radius 3 is 3.07 bits per heavy atom. The Morgan fingerprint density at radius 2 is 2.53 bits per heavy atom. The number of nitrogens with zero attached hydrogens (tertiary/aromatic N) is 2. The van der Waals surface area contributed by atoms with Gasteiger partial charge in [0.15, 0.2) is 0 Å². The lowest BCUT2D eigenvalue weighted by molar-refractivity contribution is -0.123. The van der Waals surface area contributed by atoms with Crippen molar-refractivity contribution >= 4 is 17.6 Å². The molecular formula is C9H12N4O2. The molecule has 1 fully saturated rings. The fourth-order valence-corrected chi connectivity index (χ4v) is 1.52. The molecule has 2 N–H and O–H groups in total. The van der Waals surface area contributed by atoms with Crippen molar-refractivity contribution in [1.29, 1.82) is 0 Å². The van der Waals surface area contributed by atoms with E-state index in [-0.39, 0.29) is 24.2 Å². The molecule has 1 atom stereocenters. The average molecular weight is 208 g/mol. The highest BCUT2D eigenvalue weighted by Gasteiger charge is 2.28. The number of hydrogen-bond acceptors (Lipinski definition) is 3. The van der Waals surface area contributed by atoms with Crippen LogP contribution in [0.1, 0.15) is 6.42 Å². The van der Waals surface area contributed by atoms with E-state index in [2.05, 4.69) is 15.7 Å². The Labute approximate surface area is 86.6 Å². The van der Waals surface area contributed by atoms with Crippen molar-refractivity contribution < 1.29 is 9.59 Å². The summed E-state index contributed by atoms with van der Waals surface area (Å²) in [6.07, 6.45) is 1.87. The molecule has 15 heavy (non-hydrogen) atoms. The van der Waals surface area contributed by atoms with Crippen LogP contribution >= 0.6 is 0 Å². The monoisotopic (exact) mass is 208 g/mol. The standard InChI is InChI=1S/C9H12N4O2/c1-13-7(2-3-11-13)12-9(15)6-4-8(14)10-5-6/h2-3,6H,4-5H2,1H3,(H,10,14)(H,12,15). The van der Waals surface area contributed by atoms with E-state index in [0.29, 0.717) is 12.4 Å². The van der Waals surface area contributed by atoms with Crippen LogP contribution in [0.2, 0.25) is 0 Å². The molecule has 1 aliphatic rings. The third-order valence-corrected chi connectivity index (χ3v) is 2.42. The molecule has 2 amide bonds. The van der Waals surface area contributed by atoms with E-state index in [1.165, 1.54) is 0 Å². The first kappa shape index (κ1) is 9.70. The Hall–Kier alpha value is -1.85. The first-order chi connectivity index (χ1) is 7.16. The summed E-state index contributed by atoms with van der Waals surface area (Å²) in [7, 11) is 1.74. The highest BCUT2D eigenvalue weighted by molar-refractivity contribution is 5.96. The highest BCUT2D eigenvalue weighted by Crippen LogP contribution is 2.12. The summed E-state index contributed by atoms with van der Waals surface area (Å²) >= 11 is 0. The van der Waals surface area contributed by atoms with Gasteiger partial charge in [-0.1, -0.05) is 0 Å². The van der Waals surface area contributed by atoms with Crippen LogP contribution in [-0.2, 0) is 16.6 Å². The summed E-state index contributed by atoms with van der Waals surface area (Å²) in [5.41, 5.74) is 0. The largest absolute Gasteiger partial charge is 0.355 e. The van der Waals surface area contributed by atoms with Crippen LogP contribution in [0.15, 0.2) is 12.3 Å². The summed E-state index contributed by atoms with van der Waals surface area (Å²) in [6.45, 7) is 0.419. The van der Waals surface area contributed by atoms with Crippen molar-refractivity contribution in [2.45, 2.75) is 6.42 Å². The highest BCUT2D eigenvalue weighted by atomic mass is 16.2. The summed E-state index contributed by atoms with van der Waals surface area (Å²) in [4.78, 5) is 22.6. The van der Waals surface area contributed by atoms with Crippen LogP contribution in [0.4, 0.5) is 5.82 Å². The quantitative estimate of drug-likeness (QED) is 0.687. The van der Waals surface area contributed by atoms with Gasteiger partial charge in [0, 0.05) is 26.1 Å². The second kappa shape index (κ2) is 3.72. The maximum atomic E-state index is 11.7. The van der Waals surface area contributed by atoms with Crippen LogP contribution in [-0.4, -0.2) is 28.1 Å². The van der Waals surface area contributed by atoms with Crippen molar-refractivity contribution in [3.8, 4) is 0 Å². The maximum absolute atomic E-state index is 11.7. The Balaban J connectivity index is 1.98. The Kier molecular flexibility index (Phi) is 2.40. The average Bonchev–Trinajstić information content (AvgIpc) is 2.77. The normalized spacial score (nSPS) is 20.1. The minimum absolute atomic E-state index is 0.0693. The predicted octanol–water partition coefficient (Wildman–Crippen LogP) is -0.505. The molecule has 1 aromatic heterocycles. The molecule has 0 aromatic carbocycles. The van der Waals surface area contributed by atoms with Crippen molar-refractivity contribution in [2.75, 3.05) is 11.9 Å². The van der Waals surface area contributed by atoms with E-state index in [9.17, 15) is 9.59 Å². The molecule has 80 valence electrons. The van der Waals surface area contributed by atoms with E-state index in [0.717, 1.165) is 0 Å². The number of aromatic nitrogens is 2. The fourth-order valence-electron chi connectivity index (χ4n) is 1.52. The number of carbonyl (C=O) groups excluding carboxylic acids is 2. The SMILES string of the molecule is Cn1nccc1NC(=O)C1CNC(=O)C1. The van der Waals surface area contributed by atoms with Gasteiger partial charge in [-0.25, -0.2) is 0 Å². The zero-order valence-electron chi connectivity index (χ0n) is 8.36. The fraction of sp³-hybridized carbons (Fsp3) is 0.444. The number of amides is 2. The maximum Gasteiger partial charge on any atom is 0.230 e. The molecule has 0 spiro atoms. The molecule has 2 rings (SSSR count). The topological polar surface area (TPSA) is 76.0 Å². The summed E-state index contributed by atoms with van der Waals surface area (Å²) in [5.74, 6) is 0.156. The third kappa shape index (κ3) is 1.98. The number of nitrogens with one attached hydrogen (secondary N) is 2. The molecule has 0 bridgehead atoms. The molecular weight excluding hydrogens is 196 g/mol. The van der Waals surface area contributed by atoms with E-state index < -0.39 is 0 Å². The van der Waals surface area contributed by atoms with Gasteiger partial charge in [-0.3, -0.25) is 14.3 Å². The number of anilines is 1. The molecule has 1 aromatic rings. The van der Waals surface area contributed by atoms with Crippen molar-refractivity contribution in [3.05, 3.63) is 12.3 Å². The number of hydrogen-bond donors (Lipinski definition) is 2. The van der Waals surface area contributed by atoms with Crippen molar-refractivity contribution in [1.82, 2.24) is 15.1 Å². The van der Waals surface area contributed by atoms with Gasteiger partial charge in [-0.05, 0) is 0 Å². The molecule has 1 saturated heterocycles. The van der Waals surface area contributed by atoms with E-state index in [1.54, 1.807) is 24.0 Å². The summed E-state index contributed by atoms with van der Waals surface area (Å²) in [5, 5.41) is 9.28. The first-order valence-corrected chi connectivity index (χ1v) is 4.72. The van der Waals surface area contributed by atoms with Crippen molar-refractivity contribution in [2.24, 2.45) is 13.0 Å². The molecule has 6 heteroatoms. The zero-order valence-corrected chi connectivity index (χ0v) is 8.36. The van der Waals surface area contributed by atoms with E-state index in [4.69, 9.17) is 0 Å². The lowest BCUT2D eigenvalue weighted by Gasteiger charge is -2.08. The summed E-state index contributed by atoms with van der Waals surface area (Å²) < 4.78 is 1.57. The van der Waals surface area contributed by atoms with Gasteiger partial charge in [-0.15, -0.1) is 0 Å². The second-order valence-electron chi connectivity index (χ2n) is 3.53. The molecule has 2 heterocycles. The molecule has 0 radical (unpaired) electrons. The van der Waals surface area contributed by atoms with Gasteiger partial charge in [-0.2, -0.15) is 5.10 Å². The predicted molar refractivity (Wildman–Crippen MR) is 53.0 cm³/mol. The van der Waals surface area contributed by atoms with Gasteiger partial charge < -0.3 is 10.6 Å². The van der Waals surface area contributed by atoms with Gasteiger partial charge in [0.25, 0.3) is 0 Å². The molecule has 6 nitrogen and oxygen atoms in total. The van der Waals surface area contributed by atoms with Crippen LogP contribution in [0.5, 0.6) is 0 Å². The third-order valence-electron chi connectivity index (χ3n) is 2.42. The number of rotatable bonds is 2. The lowest BCUT2D eigenvalue weighted by atomic mass is 10.1. The zero-order chi connectivity index (χ0) is 10.8. The van der Waals surface area contributed by atoms with E-state index >= 15 is 0 Å². The summed E-state index contributed by atoms with van der Waals surface area (Å²) in [6, 6.07) is 1.71. The van der Waals surface area contributed by atoms with Crippen LogP contribution in [0, 0.1) is 5.92 Å². The van der Waals surface area contributed by atoms with E-state index in [1.807, 2.05) is 0 Å². The van der Waals surface area contributed by atoms with Gasteiger partial charge in [0.05, 0.1) is 12.1 Å². The Bertz CT molecular complexity index is 399. The molecule has 0 aliphatic carbocycles. The van der Waals surface area contributed by atoms with Crippen LogP contribution in [0.25, 0.3) is 0 Å². The molecule has 1 aliphatic heterocycles. The minimum Gasteiger partial charge on any atom is -0.355 e. The van der Waals surface area contributed by atoms with Crippen LogP contribution in [0.3, 0.4) is 0 Å². The molecule has 0 saturated carbocycles. The van der Waals surface area contributed by atoms with Crippen molar-refractivity contribution in [3.63, 3.8) is 0 Å². The Morgan fingerprint density at radius 1 is 1.73 bits per heavy atom. The molecule has 1 unspecified atom stereocenters. The van der Waals surface area contributed by atoms with Gasteiger partial charge >= 0.3 is 0 Å². The lowest BCUT2D eigenvalue weighted by Crippen LogP contribution is -2.25. The number of aryl methyl sites for hydroxylation is 1. The second-order valence-corrected chi connectivity index (χ2v) is 3.53. The van der Waals surface area contributed by atoms with Crippen LogP contribution < -0.4 is 10.6 Å². The number of carbonyl (C=O) groups is 2. The smallest absolute Gasteiger partial charge is 0.230 e. The van der Waals surface area contributed by atoms with Gasteiger partial charge in [0.2, 0.25) is 11.8 Å².